The van der Waals surface area contributed by atoms with E-state index in [9.17, 15) is 13.2 Å². The normalized spacial score (nSPS) is 17.2. The molecule has 1 saturated heterocycles. The molecule has 2 aromatic rings. The number of hydrogen-bond donors (Lipinski definition) is 1. The number of benzene rings is 2. The van der Waals surface area contributed by atoms with Crippen molar-refractivity contribution in [2.45, 2.75) is 44.6 Å². The maximum Gasteiger partial charge on any atom is 0.251 e. The average Bonchev–Trinajstić information content (AvgIpc) is 2.68. The molecule has 0 saturated carbocycles. The molecule has 1 amide bonds. The van der Waals surface area contributed by atoms with Gasteiger partial charge < -0.3 is 5.32 Å². The molecule has 1 aliphatic heterocycles. The summed E-state index contributed by atoms with van der Waals surface area (Å²) in [6.45, 7) is 7.21. The second kappa shape index (κ2) is 8.45. The van der Waals surface area contributed by atoms with E-state index in [1.807, 2.05) is 38.1 Å². The van der Waals surface area contributed by atoms with Crippen LogP contribution in [-0.4, -0.2) is 31.7 Å². The van der Waals surface area contributed by atoms with Crippen molar-refractivity contribution < 1.29 is 13.2 Å². The van der Waals surface area contributed by atoms with E-state index in [1.165, 1.54) is 12.1 Å². The molecule has 0 aliphatic carbocycles. The van der Waals surface area contributed by atoms with Crippen LogP contribution in [-0.2, 0) is 10.0 Å². The SMILES string of the molecule is Cc1ccccc1C(C)NC(=O)c1ccc(S(=O)(=O)N2CCC(C)CC2)cc1. The van der Waals surface area contributed by atoms with Crippen molar-refractivity contribution in [2.75, 3.05) is 13.1 Å². The molecule has 0 aromatic heterocycles. The first kappa shape index (κ1) is 20.6. The maximum absolute atomic E-state index is 12.8. The average molecular weight is 401 g/mol. The van der Waals surface area contributed by atoms with Gasteiger partial charge in [-0.15, -0.1) is 0 Å². The second-order valence-electron chi connectivity index (χ2n) is 7.66. The largest absolute Gasteiger partial charge is 0.346 e. The summed E-state index contributed by atoms with van der Waals surface area (Å²) >= 11 is 0. The molecule has 3 rings (SSSR count). The Bertz CT molecular complexity index is 931. The van der Waals surface area contributed by atoms with Crippen LogP contribution in [0.4, 0.5) is 0 Å². The van der Waals surface area contributed by atoms with Gasteiger partial charge in [-0.1, -0.05) is 31.2 Å². The minimum atomic E-state index is -3.50. The lowest BCUT2D eigenvalue weighted by Crippen LogP contribution is -2.37. The lowest BCUT2D eigenvalue weighted by Gasteiger charge is -2.29. The van der Waals surface area contributed by atoms with Crippen molar-refractivity contribution >= 4 is 15.9 Å². The number of rotatable bonds is 5. The Morgan fingerprint density at radius 2 is 1.68 bits per heavy atom. The van der Waals surface area contributed by atoms with Crippen molar-refractivity contribution in [1.82, 2.24) is 9.62 Å². The van der Waals surface area contributed by atoms with Gasteiger partial charge in [-0.05, 0) is 68.0 Å². The van der Waals surface area contributed by atoms with Crippen LogP contribution in [0.3, 0.4) is 0 Å². The topological polar surface area (TPSA) is 66.5 Å². The highest BCUT2D eigenvalue weighted by molar-refractivity contribution is 7.89. The Hall–Kier alpha value is -2.18. The number of nitrogens with zero attached hydrogens (tertiary/aromatic N) is 1. The van der Waals surface area contributed by atoms with Gasteiger partial charge in [0, 0.05) is 18.7 Å². The molecule has 6 heteroatoms. The molecule has 150 valence electrons. The van der Waals surface area contributed by atoms with Crippen LogP contribution in [0, 0.1) is 12.8 Å². The van der Waals surface area contributed by atoms with Crippen molar-refractivity contribution in [3.8, 4) is 0 Å². The minimum absolute atomic E-state index is 0.132. The number of piperidine rings is 1. The third kappa shape index (κ3) is 4.45. The van der Waals surface area contributed by atoms with Crippen LogP contribution >= 0.6 is 0 Å². The Kier molecular flexibility index (Phi) is 6.20. The van der Waals surface area contributed by atoms with Gasteiger partial charge in [-0.3, -0.25) is 4.79 Å². The Balaban J connectivity index is 1.70. The van der Waals surface area contributed by atoms with Gasteiger partial charge in [0.25, 0.3) is 5.91 Å². The van der Waals surface area contributed by atoms with Gasteiger partial charge in [0.15, 0.2) is 0 Å². The summed E-state index contributed by atoms with van der Waals surface area (Å²) in [4.78, 5) is 12.8. The number of aryl methyl sites for hydroxylation is 1. The Morgan fingerprint density at radius 1 is 1.07 bits per heavy atom. The summed E-state index contributed by atoms with van der Waals surface area (Å²) in [5.74, 6) is 0.347. The first-order valence-electron chi connectivity index (χ1n) is 9.75. The van der Waals surface area contributed by atoms with E-state index >= 15 is 0 Å². The third-order valence-corrected chi connectivity index (χ3v) is 7.41. The molecule has 0 spiro atoms. The quantitative estimate of drug-likeness (QED) is 0.828. The molecular weight excluding hydrogens is 372 g/mol. The highest BCUT2D eigenvalue weighted by atomic mass is 32.2. The zero-order valence-corrected chi connectivity index (χ0v) is 17.5. The van der Waals surface area contributed by atoms with Crippen molar-refractivity contribution in [3.05, 3.63) is 65.2 Å². The van der Waals surface area contributed by atoms with E-state index in [4.69, 9.17) is 0 Å². The summed E-state index contributed by atoms with van der Waals surface area (Å²) in [5.41, 5.74) is 2.63. The summed E-state index contributed by atoms with van der Waals surface area (Å²) in [5, 5.41) is 2.98. The molecule has 1 unspecified atom stereocenters. The lowest BCUT2D eigenvalue weighted by molar-refractivity contribution is 0.0939. The van der Waals surface area contributed by atoms with Gasteiger partial charge in [0.05, 0.1) is 10.9 Å². The predicted molar refractivity (Wildman–Crippen MR) is 111 cm³/mol. The molecule has 1 heterocycles. The van der Waals surface area contributed by atoms with E-state index in [2.05, 4.69) is 12.2 Å². The zero-order valence-electron chi connectivity index (χ0n) is 16.7. The number of carbonyl (C=O) groups excluding carboxylic acids is 1. The Morgan fingerprint density at radius 3 is 2.29 bits per heavy atom. The maximum atomic E-state index is 12.8. The summed E-state index contributed by atoms with van der Waals surface area (Å²) in [6, 6.07) is 14.0. The number of hydrogen-bond acceptors (Lipinski definition) is 3. The van der Waals surface area contributed by atoms with Crippen LogP contribution < -0.4 is 5.32 Å². The summed E-state index contributed by atoms with van der Waals surface area (Å²) < 4.78 is 27.1. The number of amides is 1. The van der Waals surface area contributed by atoms with Crippen molar-refractivity contribution in [1.29, 1.82) is 0 Å². The van der Waals surface area contributed by atoms with E-state index < -0.39 is 10.0 Å². The van der Waals surface area contributed by atoms with E-state index in [0.29, 0.717) is 24.6 Å². The zero-order chi connectivity index (χ0) is 20.3. The molecule has 28 heavy (non-hydrogen) atoms. The summed E-state index contributed by atoms with van der Waals surface area (Å²) in [7, 11) is -3.50. The first-order valence-corrected chi connectivity index (χ1v) is 11.2. The molecular formula is C22H28N2O3S. The highest BCUT2D eigenvalue weighted by Crippen LogP contribution is 2.24. The minimum Gasteiger partial charge on any atom is -0.346 e. The number of nitrogens with one attached hydrogen (secondary N) is 1. The number of sulfonamides is 1. The van der Waals surface area contributed by atoms with Gasteiger partial charge in [0.2, 0.25) is 10.0 Å². The van der Waals surface area contributed by atoms with Crippen molar-refractivity contribution in [3.63, 3.8) is 0 Å². The molecule has 0 bridgehead atoms. The molecule has 5 nitrogen and oxygen atoms in total. The molecule has 1 N–H and O–H groups in total. The van der Waals surface area contributed by atoms with Crippen LogP contribution in [0.15, 0.2) is 53.4 Å². The van der Waals surface area contributed by atoms with Crippen LogP contribution in [0.2, 0.25) is 0 Å². The van der Waals surface area contributed by atoms with Gasteiger partial charge in [0.1, 0.15) is 0 Å². The first-order chi connectivity index (χ1) is 13.3. The van der Waals surface area contributed by atoms with Gasteiger partial charge >= 0.3 is 0 Å². The van der Waals surface area contributed by atoms with Crippen LogP contribution in [0.25, 0.3) is 0 Å². The smallest absolute Gasteiger partial charge is 0.251 e. The van der Waals surface area contributed by atoms with E-state index in [0.717, 1.165) is 24.0 Å². The Labute approximate surface area is 167 Å². The monoisotopic (exact) mass is 400 g/mol. The van der Waals surface area contributed by atoms with E-state index in [1.54, 1.807) is 16.4 Å². The second-order valence-corrected chi connectivity index (χ2v) is 9.60. The molecule has 1 atom stereocenters. The standard InChI is InChI=1S/C22H28N2O3S/c1-16-12-14-24(15-13-16)28(26,27)20-10-8-19(9-11-20)22(25)23-18(3)21-7-5-4-6-17(21)2/h4-11,16,18H,12-15H2,1-3H3,(H,23,25). The molecule has 1 aliphatic rings. The van der Waals surface area contributed by atoms with Gasteiger partial charge in [-0.25, -0.2) is 8.42 Å². The highest BCUT2D eigenvalue weighted by Gasteiger charge is 2.28. The molecule has 2 aromatic carbocycles. The molecule has 1 fully saturated rings. The van der Waals surface area contributed by atoms with Crippen molar-refractivity contribution in [2.24, 2.45) is 5.92 Å². The fourth-order valence-electron chi connectivity index (χ4n) is 3.58. The van der Waals surface area contributed by atoms with Crippen LogP contribution in [0.1, 0.15) is 54.2 Å². The fraction of sp³-hybridized carbons (Fsp3) is 0.409. The lowest BCUT2D eigenvalue weighted by atomic mass is 10.0. The number of carbonyl (C=O) groups is 1. The third-order valence-electron chi connectivity index (χ3n) is 5.50. The molecule has 0 radical (unpaired) electrons. The summed E-state index contributed by atoms with van der Waals surface area (Å²) in [6.07, 6.45) is 1.77. The van der Waals surface area contributed by atoms with E-state index in [-0.39, 0.29) is 16.8 Å². The van der Waals surface area contributed by atoms with Crippen LogP contribution in [0.5, 0.6) is 0 Å². The van der Waals surface area contributed by atoms with Gasteiger partial charge in [-0.2, -0.15) is 4.31 Å². The fourth-order valence-corrected chi connectivity index (χ4v) is 5.05. The predicted octanol–water partition coefficient (Wildman–Crippen LogP) is 3.91.